The second-order valence-corrected chi connectivity index (χ2v) is 14.2. The normalized spacial score (nSPS) is 12.1. The first-order chi connectivity index (χ1) is 22.0. The third-order valence-electron chi connectivity index (χ3n) is 9.08. The molecule has 0 aliphatic rings. The Hall–Kier alpha value is -1.10. The lowest BCUT2D eigenvalue weighted by Gasteiger charge is -2.15. The molecule has 0 heterocycles. The van der Waals surface area contributed by atoms with Gasteiger partial charge >= 0.3 is 11.9 Å². The van der Waals surface area contributed by atoms with E-state index >= 15 is 0 Å². The quantitative estimate of drug-likeness (QED) is 0.0546. The summed E-state index contributed by atoms with van der Waals surface area (Å²) in [5.41, 5.74) is 0. The molecule has 0 bridgehead atoms. The standard InChI is InChI=1S/C40H78O5/c1-4-5-6-7-8-9-21-25-28-31-34-40(43)45-38(35-41)36-44-39(42)33-30-27-24-22-19-17-15-13-11-10-12-14-16-18-20-23-26-29-32-37(2)3/h37-38,41H,4-36H2,1-3H3/t38-/m0/s1. The van der Waals surface area contributed by atoms with Crippen molar-refractivity contribution in [3.8, 4) is 0 Å². The summed E-state index contributed by atoms with van der Waals surface area (Å²) in [6.45, 7) is 6.51. The van der Waals surface area contributed by atoms with E-state index in [1.807, 2.05) is 0 Å². The number of aliphatic hydroxyl groups is 1. The van der Waals surface area contributed by atoms with Crippen LogP contribution in [0, 0.1) is 5.92 Å². The number of hydrogen-bond acceptors (Lipinski definition) is 5. The molecule has 5 nitrogen and oxygen atoms in total. The van der Waals surface area contributed by atoms with Crippen LogP contribution in [0.4, 0.5) is 0 Å². The van der Waals surface area contributed by atoms with Gasteiger partial charge in [0.05, 0.1) is 6.61 Å². The van der Waals surface area contributed by atoms with Gasteiger partial charge in [-0.2, -0.15) is 0 Å². The molecular formula is C40H78O5. The van der Waals surface area contributed by atoms with E-state index in [0.717, 1.165) is 38.0 Å². The Morgan fingerprint density at radius 1 is 0.489 bits per heavy atom. The van der Waals surface area contributed by atoms with Gasteiger partial charge in [0.15, 0.2) is 6.10 Å². The largest absolute Gasteiger partial charge is 0.462 e. The Morgan fingerprint density at radius 2 is 0.822 bits per heavy atom. The zero-order valence-electron chi connectivity index (χ0n) is 30.6. The highest BCUT2D eigenvalue weighted by Gasteiger charge is 2.16. The van der Waals surface area contributed by atoms with Crippen LogP contribution in [-0.2, 0) is 19.1 Å². The van der Waals surface area contributed by atoms with Crippen LogP contribution in [0.2, 0.25) is 0 Å². The Kier molecular flexibility index (Phi) is 34.9. The van der Waals surface area contributed by atoms with Crippen LogP contribution in [0.1, 0.15) is 220 Å². The molecule has 1 N–H and O–H groups in total. The van der Waals surface area contributed by atoms with Gasteiger partial charge in [-0.3, -0.25) is 9.59 Å². The molecule has 0 unspecified atom stereocenters. The summed E-state index contributed by atoms with van der Waals surface area (Å²) in [6.07, 6.45) is 37.4. The Morgan fingerprint density at radius 3 is 1.18 bits per heavy atom. The Labute approximate surface area is 280 Å². The van der Waals surface area contributed by atoms with Crippen molar-refractivity contribution in [2.24, 2.45) is 5.92 Å². The van der Waals surface area contributed by atoms with Crippen LogP contribution in [-0.4, -0.2) is 36.4 Å². The molecular weight excluding hydrogens is 560 g/mol. The van der Waals surface area contributed by atoms with Gasteiger partial charge in [0.25, 0.3) is 0 Å². The lowest BCUT2D eigenvalue weighted by Crippen LogP contribution is -2.28. The highest BCUT2D eigenvalue weighted by molar-refractivity contribution is 5.70. The van der Waals surface area contributed by atoms with Gasteiger partial charge in [-0.15, -0.1) is 0 Å². The molecule has 0 amide bonds. The highest BCUT2D eigenvalue weighted by atomic mass is 16.6. The van der Waals surface area contributed by atoms with Gasteiger partial charge in [-0.25, -0.2) is 0 Å². The first kappa shape index (κ1) is 43.9. The number of carbonyl (C=O) groups is 2. The topological polar surface area (TPSA) is 72.8 Å². The van der Waals surface area contributed by atoms with Crippen LogP contribution >= 0.6 is 0 Å². The van der Waals surface area contributed by atoms with E-state index in [1.54, 1.807) is 0 Å². The van der Waals surface area contributed by atoms with Crippen molar-refractivity contribution in [3.05, 3.63) is 0 Å². The molecule has 0 aromatic rings. The first-order valence-electron chi connectivity index (χ1n) is 20.0. The zero-order valence-corrected chi connectivity index (χ0v) is 30.6. The lowest BCUT2D eigenvalue weighted by atomic mass is 10.0. The average Bonchev–Trinajstić information content (AvgIpc) is 3.02. The number of unbranched alkanes of at least 4 members (excludes halogenated alkanes) is 26. The van der Waals surface area contributed by atoms with Crippen molar-refractivity contribution >= 4 is 11.9 Å². The van der Waals surface area contributed by atoms with E-state index < -0.39 is 6.10 Å². The summed E-state index contributed by atoms with van der Waals surface area (Å²) < 4.78 is 10.6. The minimum atomic E-state index is -0.760. The SMILES string of the molecule is CCCCCCCCCCCCC(=O)O[C@@H](CO)COC(=O)CCCCCCCCCCCCCCCCCCCCC(C)C. The maximum atomic E-state index is 12.1. The molecule has 0 aliphatic heterocycles. The van der Waals surface area contributed by atoms with E-state index in [2.05, 4.69) is 20.8 Å². The Balaban J connectivity index is 3.44. The highest BCUT2D eigenvalue weighted by Crippen LogP contribution is 2.16. The predicted octanol–water partition coefficient (Wildman–Crippen LogP) is 12.2. The van der Waals surface area contributed by atoms with E-state index in [9.17, 15) is 14.7 Å². The van der Waals surface area contributed by atoms with E-state index in [0.29, 0.717) is 12.8 Å². The number of aliphatic hydroxyl groups excluding tert-OH is 1. The fraction of sp³-hybridized carbons (Fsp3) is 0.950. The molecule has 0 aromatic carbocycles. The summed E-state index contributed by atoms with van der Waals surface area (Å²) in [4.78, 5) is 24.2. The van der Waals surface area contributed by atoms with Crippen molar-refractivity contribution in [1.29, 1.82) is 0 Å². The fourth-order valence-electron chi connectivity index (χ4n) is 6.03. The van der Waals surface area contributed by atoms with Crippen molar-refractivity contribution < 1.29 is 24.2 Å². The molecule has 0 saturated heterocycles. The molecule has 1 atom stereocenters. The van der Waals surface area contributed by atoms with Crippen LogP contribution in [0.25, 0.3) is 0 Å². The van der Waals surface area contributed by atoms with Gasteiger partial charge in [-0.05, 0) is 18.8 Å². The molecule has 268 valence electrons. The lowest BCUT2D eigenvalue weighted by molar-refractivity contribution is -0.161. The van der Waals surface area contributed by atoms with Crippen molar-refractivity contribution in [1.82, 2.24) is 0 Å². The third-order valence-corrected chi connectivity index (χ3v) is 9.08. The van der Waals surface area contributed by atoms with Crippen LogP contribution in [0.5, 0.6) is 0 Å². The van der Waals surface area contributed by atoms with Crippen molar-refractivity contribution in [2.75, 3.05) is 13.2 Å². The van der Waals surface area contributed by atoms with Crippen LogP contribution in [0.3, 0.4) is 0 Å². The molecule has 45 heavy (non-hydrogen) atoms. The minimum absolute atomic E-state index is 0.0578. The zero-order chi connectivity index (χ0) is 33.1. The number of carbonyl (C=O) groups excluding carboxylic acids is 2. The summed E-state index contributed by atoms with van der Waals surface area (Å²) in [5, 5.41) is 9.52. The third kappa shape index (κ3) is 35.6. The molecule has 0 saturated carbocycles. The summed E-state index contributed by atoms with van der Waals surface area (Å²) in [7, 11) is 0. The molecule has 0 aromatic heterocycles. The predicted molar refractivity (Wildman–Crippen MR) is 192 cm³/mol. The van der Waals surface area contributed by atoms with Gasteiger partial charge in [0.2, 0.25) is 0 Å². The maximum Gasteiger partial charge on any atom is 0.306 e. The van der Waals surface area contributed by atoms with Crippen molar-refractivity contribution in [2.45, 2.75) is 226 Å². The smallest absolute Gasteiger partial charge is 0.306 e. The van der Waals surface area contributed by atoms with Crippen LogP contribution < -0.4 is 0 Å². The van der Waals surface area contributed by atoms with Gasteiger partial charge < -0.3 is 14.6 Å². The molecule has 0 rings (SSSR count). The number of esters is 2. The van der Waals surface area contributed by atoms with E-state index in [4.69, 9.17) is 9.47 Å². The first-order valence-corrected chi connectivity index (χ1v) is 20.0. The maximum absolute atomic E-state index is 12.1. The summed E-state index contributed by atoms with van der Waals surface area (Å²) in [5.74, 6) is 0.286. The second kappa shape index (κ2) is 35.7. The monoisotopic (exact) mass is 639 g/mol. The minimum Gasteiger partial charge on any atom is -0.462 e. The Bertz CT molecular complexity index is 620. The number of hydrogen-bond donors (Lipinski definition) is 1. The average molecular weight is 639 g/mol. The van der Waals surface area contributed by atoms with Crippen LogP contribution in [0.15, 0.2) is 0 Å². The van der Waals surface area contributed by atoms with Gasteiger partial charge in [0.1, 0.15) is 6.61 Å². The summed E-state index contributed by atoms with van der Waals surface area (Å²) in [6, 6.07) is 0. The fourth-order valence-corrected chi connectivity index (χ4v) is 6.03. The second-order valence-electron chi connectivity index (χ2n) is 14.2. The van der Waals surface area contributed by atoms with E-state index in [-0.39, 0.29) is 25.2 Å². The van der Waals surface area contributed by atoms with E-state index in [1.165, 1.54) is 154 Å². The molecule has 0 aliphatic carbocycles. The molecule has 0 fully saturated rings. The summed E-state index contributed by atoms with van der Waals surface area (Å²) >= 11 is 0. The number of ether oxygens (including phenoxy) is 2. The van der Waals surface area contributed by atoms with Gasteiger partial charge in [0, 0.05) is 12.8 Å². The van der Waals surface area contributed by atoms with Gasteiger partial charge in [-0.1, -0.05) is 194 Å². The molecule has 0 spiro atoms. The van der Waals surface area contributed by atoms with Crippen molar-refractivity contribution in [3.63, 3.8) is 0 Å². The molecule has 5 heteroatoms. The molecule has 0 radical (unpaired) electrons. The number of rotatable bonds is 36.